The number of rotatable bonds is 2. The van der Waals surface area contributed by atoms with Gasteiger partial charge in [-0.25, -0.2) is 0 Å². The molecule has 0 spiro atoms. The summed E-state index contributed by atoms with van der Waals surface area (Å²) in [7, 11) is 0. The van der Waals surface area contributed by atoms with Crippen molar-refractivity contribution >= 4 is 43.1 Å². The second kappa shape index (κ2) is 12.8. The monoisotopic (exact) mass is 802 g/mol. The summed E-state index contributed by atoms with van der Waals surface area (Å²) in [5, 5.41) is 10.6. The molecule has 0 N–H and O–H groups in total. The third-order valence-corrected chi connectivity index (χ3v) is 14.3. The third kappa shape index (κ3) is 5.78. The molecule has 0 aliphatic heterocycles. The summed E-state index contributed by atoms with van der Waals surface area (Å²) in [5.74, 6) is 0. The van der Waals surface area contributed by atoms with Gasteiger partial charge >= 0.3 is 0 Å². The fourth-order valence-electron chi connectivity index (χ4n) is 10.7. The van der Waals surface area contributed by atoms with Crippen molar-refractivity contribution in [2.24, 2.45) is 0 Å². The molecule has 0 saturated carbocycles. The standard InChI is InChI=1S/C62H58/c1-59(2,3)39-25-37(26-40(29-39)60(4,5)6)57-51-31-47-43-21-13-17-35-19-15-23-45(55(35)43)49(47)33-53(51)58(38-27-41(61(7,8)9)30-42(28-38)62(10,11)12)54-34-50-46-24-16-20-36-18-14-22-44(56(36)46)48(50)32-52(54)57/h13-34H,1-12H3. The van der Waals surface area contributed by atoms with Crippen molar-refractivity contribution in [3.63, 3.8) is 0 Å². The van der Waals surface area contributed by atoms with Gasteiger partial charge < -0.3 is 0 Å². The lowest BCUT2D eigenvalue weighted by Gasteiger charge is -2.28. The summed E-state index contributed by atoms with van der Waals surface area (Å²) in [6.45, 7) is 28.4. The van der Waals surface area contributed by atoms with Gasteiger partial charge in [0.15, 0.2) is 0 Å². The van der Waals surface area contributed by atoms with Gasteiger partial charge in [0, 0.05) is 0 Å². The summed E-state index contributed by atoms with van der Waals surface area (Å²) in [4.78, 5) is 0. The zero-order chi connectivity index (χ0) is 43.4. The highest BCUT2D eigenvalue weighted by Gasteiger charge is 2.31. The van der Waals surface area contributed by atoms with Crippen LogP contribution in [0.5, 0.6) is 0 Å². The molecule has 0 amide bonds. The van der Waals surface area contributed by atoms with Gasteiger partial charge in [0.25, 0.3) is 0 Å². The Morgan fingerprint density at radius 3 is 0.726 bits per heavy atom. The van der Waals surface area contributed by atoms with Crippen molar-refractivity contribution in [2.45, 2.75) is 105 Å². The lowest BCUT2D eigenvalue weighted by atomic mass is 9.76. The lowest BCUT2D eigenvalue weighted by Crippen LogP contribution is -2.16. The van der Waals surface area contributed by atoms with Crippen molar-refractivity contribution in [1.29, 1.82) is 0 Å². The first-order chi connectivity index (χ1) is 29.3. The number of hydrogen-bond donors (Lipinski definition) is 0. The Morgan fingerprint density at radius 2 is 0.500 bits per heavy atom. The number of hydrogen-bond acceptors (Lipinski definition) is 0. The summed E-state index contributed by atoms with van der Waals surface area (Å²) in [6, 6.07) is 52.8. The summed E-state index contributed by atoms with van der Waals surface area (Å²) in [6.07, 6.45) is 0. The van der Waals surface area contributed by atoms with E-state index in [1.807, 2.05) is 0 Å². The molecule has 9 aromatic carbocycles. The number of benzene rings is 9. The van der Waals surface area contributed by atoms with E-state index in [1.54, 1.807) is 0 Å². The first-order valence-corrected chi connectivity index (χ1v) is 22.7. The maximum atomic E-state index is 2.58. The minimum Gasteiger partial charge on any atom is -0.0610 e. The fourth-order valence-corrected chi connectivity index (χ4v) is 10.7. The molecule has 0 aromatic heterocycles. The Kier molecular flexibility index (Phi) is 8.03. The first kappa shape index (κ1) is 38.9. The van der Waals surface area contributed by atoms with E-state index >= 15 is 0 Å². The summed E-state index contributed by atoms with van der Waals surface area (Å²) >= 11 is 0. The van der Waals surface area contributed by atoms with E-state index in [2.05, 4.69) is 217 Å². The Bertz CT molecular complexity index is 2980. The zero-order valence-electron chi connectivity index (χ0n) is 38.7. The van der Waals surface area contributed by atoms with Gasteiger partial charge in [0.2, 0.25) is 0 Å². The van der Waals surface area contributed by atoms with Crippen LogP contribution in [-0.2, 0) is 21.7 Å². The number of fused-ring (bicyclic) bond motifs is 8. The zero-order valence-corrected chi connectivity index (χ0v) is 38.7. The Labute approximate surface area is 368 Å². The van der Waals surface area contributed by atoms with Crippen molar-refractivity contribution < 1.29 is 0 Å². The van der Waals surface area contributed by atoms with Crippen LogP contribution in [0.4, 0.5) is 0 Å². The molecule has 11 rings (SSSR count). The predicted molar refractivity (Wildman–Crippen MR) is 271 cm³/mol. The highest BCUT2D eigenvalue weighted by atomic mass is 14.3. The van der Waals surface area contributed by atoms with Gasteiger partial charge in [0.05, 0.1) is 0 Å². The van der Waals surface area contributed by atoms with Crippen LogP contribution >= 0.6 is 0 Å². The molecular weight excluding hydrogens is 745 g/mol. The average Bonchev–Trinajstić information content (AvgIpc) is 3.70. The van der Waals surface area contributed by atoms with Crippen LogP contribution < -0.4 is 0 Å². The van der Waals surface area contributed by atoms with Gasteiger partial charge in [0.1, 0.15) is 0 Å². The van der Waals surface area contributed by atoms with E-state index in [9.17, 15) is 0 Å². The van der Waals surface area contributed by atoms with E-state index in [4.69, 9.17) is 0 Å². The second-order valence-electron chi connectivity index (χ2n) is 22.7. The summed E-state index contributed by atoms with van der Waals surface area (Å²) < 4.78 is 0. The molecule has 0 atom stereocenters. The Hall–Kier alpha value is -5.98. The molecule has 0 nitrogen and oxygen atoms in total. The maximum absolute atomic E-state index is 2.58. The first-order valence-electron chi connectivity index (χ1n) is 22.7. The van der Waals surface area contributed by atoms with Crippen LogP contribution in [-0.4, -0.2) is 0 Å². The van der Waals surface area contributed by atoms with Crippen LogP contribution in [0, 0.1) is 0 Å². The highest BCUT2D eigenvalue weighted by molar-refractivity contribution is 6.28. The Balaban J connectivity index is 1.39. The molecule has 306 valence electrons. The molecular formula is C62H58. The second-order valence-corrected chi connectivity index (χ2v) is 22.7. The van der Waals surface area contributed by atoms with Crippen LogP contribution in [0.25, 0.3) is 110 Å². The molecule has 2 aliphatic rings. The SMILES string of the molecule is CC(C)(C)c1cc(-c2c3cc4c(cc3c(-c3cc(C(C)(C)C)cc(C(C)(C)C)c3)c3cc5c(cc23)-c2cccc3cccc-5c23)-c2cccc3cccc-4c23)cc(C(C)(C)C)c1. The quantitative estimate of drug-likeness (QED) is 0.153. The normalized spacial score (nSPS) is 13.5. The molecule has 0 heterocycles. The molecule has 62 heavy (non-hydrogen) atoms. The molecule has 0 saturated heterocycles. The highest BCUT2D eigenvalue weighted by Crippen LogP contribution is 2.56. The minimum absolute atomic E-state index is 0.0324. The topological polar surface area (TPSA) is 0 Å². The molecule has 0 heteroatoms. The van der Waals surface area contributed by atoms with Gasteiger partial charge in [-0.05, 0) is 178 Å². The molecule has 0 radical (unpaired) electrons. The van der Waals surface area contributed by atoms with Gasteiger partial charge in [-0.3, -0.25) is 0 Å². The van der Waals surface area contributed by atoms with Crippen molar-refractivity contribution in [3.05, 3.63) is 156 Å². The van der Waals surface area contributed by atoms with E-state index < -0.39 is 0 Å². The van der Waals surface area contributed by atoms with Crippen LogP contribution in [0.1, 0.15) is 105 Å². The summed E-state index contributed by atoms with van der Waals surface area (Å²) in [5.41, 5.74) is 21.3. The fraction of sp³-hybridized carbons (Fsp3) is 0.258. The molecule has 0 bridgehead atoms. The van der Waals surface area contributed by atoms with Crippen molar-refractivity contribution in [3.8, 4) is 66.8 Å². The third-order valence-electron chi connectivity index (χ3n) is 14.3. The minimum atomic E-state index is -0.0324. The largest absolute Gasteiger partial charge is 0.0610 e. The molecule has 0 fully saturated rings. The van der Waals surface area contributed by atoms with Gasteiger partial charge in [-0.15, -0.1) is 0 Å². The molecule has 0 unspecified atom stereocenters. The maximum Gasteiger partial charge on any atom is -0.00257 e. The van der Waals surface area contributed by atoms with E-state index in [1.165, 1.54) is 132 Å². The van der Waals surface area contributed by atoms with Gasteiger partial charge in [-0.1, -0.05) is 192 Å². The predicted octanol–water partition coefficient (Wildman–Crippen LogP) is 18.1. The van der Waals surface area contributed by atoms with E-state index in [0.29, 0.717) is 0 Å². The van der Waals surface area contributed by atoms with Crippen molar-refractivity contribution in [1.82, 2.24) is 0 Å². The van der Waals surface area contributed by atoms with E-state index in [-0.39, 0.29) is 21.7 Å². The Morgan fingerprint density at radius 1 is 0.258 bits per heavy atom. The van der Waals surface area contributed by atoms with Gasteiger partial charge in [-0.2, -0.15) is 0 Å². The van der Waals surface area contributed by atoms with Crippen LogP contribution in [0.3, 0.4) is 0 Å². The van der Waals surface area contributed by atoms with Crippen LogP contribution in [0.15, 0.2) is 133 Å². The smallest absolute Gasteiger partial charge is 0.00257 e. The lowest BCUT2D eigenvalue weighted by molar-refractivity contribution is 0.568. The average molecular weight is 803 g/mol. The van der Waals surface area contributed by atoms with Crippen LogP contribution in [0.2, 0.25) is 0 Å². The van der Waals surface area contributed by atoms with Crippen molar-refractivity contribution in [2.75, 3.05) is 0 Å². The van der Waals surface area contributed by atoms with E-state index in [0.717, 1.165) is 0 Å². The molecule has 2 aliphatic carbocycles. The molecule has 9 aromatic rings.